The summed E-state index contributed by atoms with van der Waals surface area (Å²) in [5, 5.41) is 9.65. The number of aromatic nitrogens is 2. The first-order valence-electron chi connectivity index (χ1n) is 10.2. The second-order valence-corrected chi connectivity index (χ2v) is 8.36. The number of hydrogen-bond acceptors (Lipinski definition) is 4. The van der Waals surface area contributed by atoms with Crippen molar-refractivity contribution >= 4 is 17.2 Å². The van der Waals surface area contributed by atoms with Gasteiger partial charge in [-0.2, -0.15) is 5.10 Å². The van der Waals surface area contributed by atoms with Gasteiger partial charge < -0.3 is 10.1 Å². The zero-order valence-electron chi connectivity index (χ0n) is 17.9. The smallest absolute Gasteiger partial charge is 0.261 e. The predicted molar refractivity (Wildman–Crippen MR) is 124 cm³/mol. The average Bonchev–Trinajstić information content (AvgIpc) is 3.37. The van der Waals surface area contributed by atoms with E-state index in [0.29, 0.717) is 18.0 Å². The number of carbonyl (C=O) groups excluding carboxylic acids is 1. The van der Waals surface area contributed by atoms with Crippen molar-refractivity contribution < 1.29 is 9.53 Å². The number of aryl methyl sites for hydroxylation is 2. The van der Waals surface area contributed by atoms with Crippen LogP contribution in [0.2, 0.25) is 0 Å². The quantitative estimate of drug-likeness (QED) is 0.428. The molecule has 2 heterocycles. The van der Waals surface area contributed by atoms with Crippen LogP contribution in [0.3, 0.4) is 0 Å². The van der Waals surface area contributed by atoms with Crippen molar-refractivity contribution in [2.45, 2.75) is 33.9 Å². The lowest BCUT2D eigenvalue weighted by atomic mass is 10.2. The third-order valence-electron chi connectivity index (χ3n) is 5.23. The Balaban J connectivity index is 1.39. The molecule has 1 N–H and O–H groups in total. The monoisotopic (exact) mass is 431 g/mol. The van der Waals surface area contributed by atoms with Crippen LogP contribution >= 0.6 is 11.3 Å². The van der Waals surface area contributed by atoms with Gasteiger partial charge in [0, 0.05) is 23.4 Å². The zero-order chi connectivity index (χ0) is 21.8. The van der Waals surface area contributed by atoms with Gasteiger partial charge in [0.1, 0.15) is 12.4 Å². The number of carbonyl (C=O) groups is 1. The Labute approximate surface area is 186 Å². The number of para-hydroxylation sites is 2. The highest BCUT2D eigenvalue weighted by molar-refractivity contribution is 7.12. The molecule has 0 bridgehead atoms. The first-order valence-corrected chi connectivity index (χ1v) is 11.1. The van der Waals surface area contributed by atoms with Gasteiger partial charge >= 0.3 is 0 Å². The second-order valence-electron chi connectivity index (χ2n) is 7.45. The van der Waals surface area contributed by atoms with Gasteiger partial charge in [-0.05, 0) is 56.0 Å². The maximum Gasteiger partial charge on any atom is 0.261 e. The van der Waals surface area contributed by atoms with Crippen molar-refractivity contribution in [1.29, 1.82) is 0 Å². The van der Waals surface area contributed by atoms with Crippen LogP contribution in [0.4, 0.5) is 0 Å². The fourth-order valence-electron chi connectivity index (χ4n) is 3.46. The van der Waals surface area contributed by atoms with Gasteiger partial charge in [-0.1, -0.05) is 36.4 Å². The van der Waals surface area contributed by atoms with Crippen LogP contribution in [-0.4, -0.2) is 15.7 Å². The lowest BCUT2D eigenvalue weighted by Crippen LogP contribution is -2.22. The molecular formula is C25H25N3O2S. The molecule has 31 heavy (non-hydrogen) atoms. The standard InChI is InChI=1S/C25H25N3O2S/c1-17-9-7-8-12-23(17)30-15-20-13-24(31-16-20)25(29)26-14-22-18(2)27-28(19(22)3)21-10-5-4-6-11-21/h4-13,16H,14-15H2,1-3H3,(H,26,29). The number of amides is 1. The molecule has 6 heteroatoms. The Morgan fingerprint density at radius 1 is 1.06 bits per heavy atom. The van der Waals surface area contributed by atoms with Crippen molar-refractivity contribution in [3.8, 4) is 11.4 Å². The Morgan fingerprint density at radius 3 is 2.58 bits per heavy atom. The van der Waals surface area contributed by atoms with E-state index in [1.54, 1.807) is 0 Å². The molecule has 0 saturated heterocycles. The van der Waals surface area contributed by atoms with E-state index in [-0.39, 0.29) is 5.91 Å². The summed E-state index contributed by atoms with van der Waals surface area (Å²) >= 11 is 1.43. The van der Waals surface area contributed by atoms with Crippen molar-refractivity contribution in [2.75, 3.05) is 0 Å². The molecule has 0 fully saturated rings. The molecule has 0 radical (unpaired) electrons. The molecule has 2 aromatic heterocycles. The Bertz CT molecular complexity index is 1190. The number of nitrogens with zero attached hydrogens (tertiary/aromatic N) is 2. The molecule has 0 spiro atoms. The summed E-state index contributed by atoms with van der Waals surface area (Å²) in [6, 6.07) is 19.8. The average molecular weight is 432 g/mol. The molecule has 4 rings (SSSR count). The van der Waals surface area contributed by atoms with E-state index in [9.17, 15) is 4.79 Å². The Morgan fingerprint density at radius 2 is 1.81 bits per heavy atom. The summed E-state index contributed by atoms with van der Waals surface area (Å²) in [6.45, 7) is 6.90. The molecule has 5 nitrogen and oxygen atoms in total. The van der Waals surface area contributed by atoms with E-state index < -0.39 is 0 Å². The van der Waals surface area contributed by atoms with Gasteiger partial charge in [0.15, 0.2) is 0 Å². The normalized spacial score (nSPS) is 10.8. The maximum atomic E-state index is 12.7. The van der Waals surface area contributed by atoms with Gasteiger partial charge in [0.05, 0.1) is 16.3 Å². The lowest BCUT2D eigenvalue weighted by Gasteiger charge is -2.07. The molecule has 158 valence electrons. The van der Waals surface area contributed by atoms with Crippen LogP contribution in [-0.2, 0) is 13.2 Å². The first kappa shape index (κ1) is 20.9. The number of ether oxygens (including phenoxy) is 1. The predicted octanol–water partition coefficient (Wildman–Crippen LogP) is 5.37. The molecule has 0 atom stereocenters. The third kappa shape index (κ3) is 4.70. The van der Waals surface area contributed by atoms with Gasteiger partial charge in [0.25, 0.3) is 5.91 Å². The first-order chi connectivity index (χ1) is 15.0. The Kier molecular flexibility index (Phi) is 6.18. The van der Waals surface area contributed by atoms with Crippen LogP contribution < -0.4 is 10.1 Å². The number of hydrogen-bond donors (Lipinski definition) is 1. The Hall–Kier alpha value is -3.38. The molecule has 0 aliphatic heterocycles. The van der Waals surface area contributed by atoms with Crippen LogP contribution in [0, 0.1) is 20.8 Å². The van der Waals surface area contributed by atoms with Gasteiger partial charge in [-0.3, -0.25) is 4.79 Å². The summed E-state index contributed by atoms with van der Waals surface area (Å²) in [5.74, 6) is 0.777. The van der Waals surface area contributed by atoms with E-state index in [0.717, 1.165) is 39.5 Å². The third-order valence-corrected chi connectivity index (χ3v) is 6.21. The molecule has 2 aromatic carbocycles. The summed E-state index contributed by atoms with van der Waals surface area (Å²) in [4.78, 5) is 13.4. The fourth-order valence-corrected chi connectivity index (χ4v) is 4.27. The highest BCUT2D eigenvalue weighted by atomic mass is 32.1. The molecule has 0 aliphatic rings. The lowest BCUT2D eigenvalue weighted by molar-refractivity contribution is 0.0955. The van der Waals surface area contributed by atoms with Crippen molar-refractivity contribution in [1.82, 2.24) is 15.1 Å². The molecule has 0 aliphatic carbocycles. The summed E-state index contributed by atoms with van der Waals surface area (Å²) in [5.41, 5.74) is 6.08. The van der Waals surface area contributed by atoms with Crippen molar-refractivity contribution in [2.24, 2.45) is 0 Å². The van der Waals surface area contributed by atoms with Crippen LogP contribution in [0.15, 0.2) is 66.0 Å². The minimum atomic E-state index is -0.0848. The maximum absolute atomic E-state index is 12.7. The van der Waals surface area contributed by atoms with E-state index in [2.05, 4.69) is 10.4 Å². The van der Waals surface area contributed by atoms with Crippen molar-refractivity contribution in [3.05, 3.63) is 99.0 Å². The van der Waals surface area contributed by atoms with E-state index in [4.69, 9.17) is 4.74 Å². The molecule has 1 amide bonds. The van der Waals surface area contributed by atoms with E-state index in [1.165, 1.54) is 11.3 Å². The summed E-state index contributed by atoms with van der Waals surface area (Å²) in [7, 11) is 0. The van der Waals surface area contributed by atoms with Crippen LogP contribution in [0.5, 0.6) is 5.75 Å². The highest BCUT2D eigenvalue weighted by Crippen LogP contribution is 2.21. The van der Waals surface area contributed by atoms with Gasteiger partial charge in [0.2, 0.25) is 0 Å². The van der Waals surface area contributed by atoms with Gasteiger partial charge in [-0.25, -0.2) is 4.68 Å². The number of benzene rings is 2. The molecule has 0 saturated carbocycles. The van der Waals surface area contributed by atoms with Crippen LogP contribution in [0.1, 0.15) is 37.7 Å². The zero-order valence-corrected chi connectivity index (χ0v) is 18.7. The number of rotatable bonds is 7. The molecule has 0 unspecified atom stereocenters. The second kappa shape index (κ2) is 9.18. The molecule has 4 aromatic rings. The molecular weight excluding hydrogens is 406 g/mol. The van der Waals surface area contributed by atoms with E-state index in [1.807, 2.05) is 91.5 Å². The summed E-state index contributed by atoms with van der Waals surface area (Å²) in [6.07, 6.45) is 0. The summed E-state index contributed by atoms with van der Waals surface area (Å²) < 4.78 is 7.81. The SMILES string of the molecule is Cc1ccccc1OCc1csc(C(=O)NCc2c(C)nn(-c3ccccc3)c2C)c1. The number of thiophene rings is 1. The topological polar surface area (TPSA) is 56.1 Å². The number of nitrogens with one attached hydrogen (secondary N) is 1. The minimum Gasteiger partial charge on any atom is -0.489 e. The van der Waals surface area contributed by atoms with Gasteiger partial charge in [-0.15, -0.1) is 11.3 Å². The van der Waals surface area contributed by atoms with E-state index >= 15 is 0 Å². The van der Waals surface area contributed by atoms with Crippen LogP contribution in [0.25, 0.3) is 5.69 Å². The largest absolute Gasteiger partial charge is 0.489 e. The van der Waals surface area contributed by atoms with Crippen molar-refractivity contribution in [3.63, 3.8) is 0 Å². The highest BCUT2D eigenvalue weighted by Gasteiger charge is 2.15. The minimum absolute atomic E-state index is 0.0848. The fraction of sp³-hybridized carbons (Fsp3) is 0.200.